The maximum absolute atomic E-state index is 10.5. The third-order valence-corrected chi connectivity index (χ3v) is 4.27. The highest BCUT2D eigenvalue weighted by Crippen LogP contribution is 2.31. The van der Waals surface area contributed by atoms with Crippen molar-refractivity contribution < 1.29 is 9.84 Å². The Morgan fingerprint density at radius 1 is 1.30 bits per heavy atom. The Bertz CT molecular complexity index is 621. The summed E-state index contributed by atoms with van der Waals surface area (Å²) < 4.78 is 5.46. The van der Waals surface area contributed by atoms with Crippen molar-refractivity contribution in [2.75, 3.05) is 18.1 Å². The van der Waals surface area contributed by atoms with E-state index in [9.17, 15) is 5.11 Å². The van der Waals surface area contributed by atoms with Crippen molar-refractivity contribution in [3.05, 3.63) is 48.3 Å². The maximum atomic E-state index is 10.5. The van der Waals surface area contributed by atoms with Crippen molar-refractivity contribution in [1.29, 1.82) is 0 Å². The molecule has 1 aliphatic heterocycles. The van der Waals surface area contributed by atoms with E-state index in [4.69, 9.17) is 4.74 Å². The minimum absolute atomic E-state index is 0.287. The Morgan fingerprint density at radius 3 is 2.91 bits per heavy atom. The summed E-state index contributed by atoms with van der Waals surface area (Å²) in [5, 5.41) is 10.5. The van der Waals surface area contributed by atoms with Crippen molar-refractivity contribution in [2.24, 2.45) is 0 Å². The average molecular weight is 313 g/mol. The van der Waals surface area contributed by atoms with Crippen molar-refractivity contribution in [3.63, 3.8) is 0 Å². The normalized spacial score (nSPS) is 18.9. The van der Waals surface area contributed by atoms with E-state index in [-0.39, 0.29) is 6.04 Å². The Hall–Kier alpha value is -2.14. The van der Waals surface area contributed by atoms with Crippen LogP contribution in [0.1, 0.15) is 37.9 Å². The number of hydrogen-bond donors (Lipinski definition) is 1. The van der Waals surface area contributed by atoms with Crippen molar-refractivity contribution in [3.8, 4) is 5.88 Å². The molecule has 0 spiro atoms. The second-order valence-electron chi connectivity index (χ2n) is 5.80. The van der Waals surface area contributed by atoms with Gasteiger partial charge in [0.25, 0.3) is 0 Å². The fourth-order valence-corrected chi connectivity index (χ4v) is 3.17. The molecule has 3 rings (SSSR count). The number of hydrogen-bond acceptors (Lipinski definition) is 5. The predicted octanol–water partition coefficient (Wildman–Crippen LogP) is 2.97. The Labute approximate surface area is 137 Å². The molecule has 0 saturated carbocycles. The zero-order chi connectivity index (χ0) is 16.1. The molecule has 5 heteroatoms. The highest BCUT2D eigenvalue weighted by Gasteiger charge is 2.28. The van der Waals surface area contributed by atoms with Crippen LogP contribution in [-0.2, 0) is 0 Å². The van der Waals surface area contributed by atoms with E-state index in [1.807, 2.05) is 43.3 Å². The van der Waals surface area contributed by atoms with Gasteiger partial charge < -0.3 is 14.7 Å². The minimum atomic E-state index is -0.449. The van der Waals surface area contributed by atoms with Crippen LogP contribution in [0.5, 0.6) is 5.88 Å². The fourth-order valence-electron chi connectivity index (χ4n) is 3.17. The van der Waals surface area contributed by atoms with Gasteiger partial charge in [0.05, 0.1) is 12.7 Å². The van der Waals surface area contributed by atoms with E-state index in [0.29, 0.717) is 18.9 Å². The number of ether oxygens (including phenoxy) is 1. The zero-order valence-corrected chi connectivity index (χ0v) is 13.4. The first-order chi connectivity index (χ1) is 11.3. The SMILES string of the molecule is CCOc1cc(N2CCCC2CC(O)c2ccccc2)ncn1. The second-order valence-corrected chi connectivity index (χ2v) is 5.80. The maximum Gasteiger partial charge on any atom is 0.218 e. The van der Waals surface area contributed by atoms with Gasteiger partial charge in [-0.1, -0.05) is 30.3 Å². The van der Waals surface area contributed by atoms with Crippen molar-refractivity contribution in [2.45, 2.75) is 38.3 Å². The summed E-state index contributed by atoms with van der Waals surface area (Å²) in [7, 11) is 0. The number of aromatic nitrogens is 2. The summed E-state index contributed by atoms with van der Waals surface area (Å²) in [5.74, 6) is 1.48. The van der Waals surface area contributed by atoms with Crippen LogP contribution >= 0.6 is 0 Å². The number of benzene rings is 1. The number of aliphatic hydroxyl groups is 1. The third-order valence-electron chi connectivity index (χ3n) is 4.27. The molecule has 1 N–H and O–H groups in total. The number of anilines is 1. The summed E-state index contributed by atoms with van der Waals surface area (Å²) in [6.45, 7) is 3.48. The zero-order valence-electron chi connectivity index (χ0n) is 13.4. The van der Waals surface area contributed by atoms with Crippen LogP contribution < -0.4 is 9.64 Å². The number of rotatable bonds is 6. The second kappa shape index (κ2) is 7.42. The lowest BCUT2D eigenvalue weighted by molar-refractivity contribution is 0.158. The summed E-state index contributed by atoms with van der Waals surface area (Å²) in [4.78, 5) is 10.8. The molecule has 2 aromatic rings. The van der Waals surface area contributed by atoms with Gasteiger partial charge >= 0.3 is 0 Å². The van der Waals surface area contributed by atoms with E-state index >= 15 is 0 Å². The predicted molar refractivity (Wildman–Crippen MR) is 89.6 cm³/mol. The minimum Gasteiger partial charge on any atom is -0.478 e. The summed E-state index contributed by atoms with van der Waals surface area (Å²) in [6, 6.07) is 12.0. The van der Waals surface area contributed by atoms with Gasteiger partial charge in [-0.2, -0.15) is 0 Å². The van der Waals surface area contributed by atoms with Gasteiger partial charge in [0.15, 0.2) is 0 Å². The van der Waals surface area contributed by atoms with Gasteiger partial charge in [0.2, 0.25) is 5.88 Å². The largest absolute Gasteiger partial charge is 0.478 e. The van der Waals surface area contributed by atoms with Crippen LogP contribution in [0.15, 0.2) is 42.7 Å². The molecule has 0 amide bonds. The molecular formula is C18H23N3O2. The summed E-state index contributed by atoms with van der Waals surface area (Å²) in [6.07, 6.45) is 3.98. The quantitative estimate of drug-likeness (QED) is 0.888. The van der Waals surface area contributed by atoms with Crippen LogP contribution in [0.25, 0.3) is 0 Å². The van der Waals surface area contributed by atoms with Crippen molar-refractivity contribution in [1.82, 2.24) is 9.97 Å². The lowest BCUT2D eigenvalue weighted by atomic mass is 10.0. The molecule has 5 nitrogen and oxygen atoms in total. The van der Waals surface area contributed by atoms with E-state index < -0.39 is 6.10 Å². The Balaban J connectivity index is 1.71. The van der Waals surface area contributed by atoms with Gasteiger partial charge in [-0.3, -0.25) is 0 Å². The monoisotopic (exact) mass is 313 g/mol. The molecular weight excluding hydrogens is 290 g/mol. The molecule has 1 aromatic heterocycles. The molecule has 122 valence electrons. The molecule has 1 aromatic carbocycles. The average Bonchev–Trinajstić information content (AvgIpc) is 3.04. The molecule has 1 fully saturated rings. The standard InChI is InChI=1S/C18H23N3O2/c1-2-23-18-12-17(19-13-20-18)21-10-6-9-15(21)11-16(22)14-7-4-3-5-8-14/h3-5,7-8,12-13,15-16,22H,2,6,9-11H2,1H3. The molecule has 0 bridgehead atoms. The molecule has 23 heavy (non-hydrogen) atoms. The molecule has 0 radical (unpaired) electrons. The number of nitrogens with zero attached hydrogens (tertiary/aromatic N) is 3. The lowest BCUT2D eigenvalue weighted by Gasteiger charge is -2.27. The first-order valence-electron chi connectivity index (χ1n) is 8.22. The van der Waals surface area contributed by atoms with Gasteiger partial charge in [-0.05, 0) is 31.7 Å². The molecule has 1 aliphatic rings. The van der Waals surface area contributed by atoms with E-state index in [2.05, 4.69) is 14.9 Å². The van der Waals surface area contributed by atoms with Crippen LogP contribution in [0.3, 0.4) is 0 Å². The lowest BCUT2D eigenvalue weighted by Crippen LogP contribution is -2.31. The topological polar surface area (TPSA) is 58.5 Å². The van der Waals surface area contributed by atoms with Gasteiger partial charge in [-0.25, -0.2) is 9.97 Å². The number of aliphatic hydroxyl groups excluding tert-OH is 1. The first kappa shape index (κ1) is 15.7. The highest BCUT2D eigenvalue weighted by molar-refractivity contribution is 5.43. The first-order valence-corrected chi connectivity index (χ1v) is 8.22. The van der Waals surface area contributed by atoms with Gasteiger partial charge in [0.1, 0.15) is 12.1 Å². The van der Waals surface area contributed by atoms with Crippen LogP contribution in [0.2, 0.25) is 0 Å². The Kier molecular flexibility index (Phi) is 5.08. The summed E-state index contributed by atoms with van der Waals surface area (Å²) in [5.41, 5.74) is 0.969. The van der Waals surface area contributed by atoms with Gasteiger partial charge in [0, 0.05) is 18.7 Å². The van der Waals surface area contributed by atoms with Crippen LogP contribution in [0.4, 0.5) is 5.82 Å². The highest BCUT2D eigenvalue weighted by atomic mass is 16.5. The van der Waals surface area contributed by atoms with Crippen LogP contribution in [0, 0.1) is 0 Å². The van der Waals surface area contributed by atoms with Crippen LogP contribution in [-0.4, -0.2) is 34.3 Å². The van der Waals surface area contributed by atoms with E-state index in [0.717, 1.165) is 30.8 Å². The van der Waals surface area contributed by atoms with Crippen molar-refractivity contribution >= 4 is 5.82 Å². The molecule has 2 heterocycles. The smallest absolute Gasteiger partial charge is 0.218 e. The molecule has 0 aliphatic carbocycles. The summed E-state index contributed by atoms with van der Waals surface area (Å²) >= 11 is 0. The third kappa shape index (κ3) is 3.79. The fraction of sp³-hybridized carbons (Fsp3) is 0.444. The van der Waals surface area contributed by atoms with E-state index in [1.54, 1.807) is 6.33 Å². The van der Waals surface area contributed by atoms with Gasteiger partial charge in [-0.15, -0.1) is 0 Å². The molecule has 1 saturated heterocycles. The van der Waals surface area contributed by atoms with E-state index in [1.165, 1.54) is 0 Å². The molecule has 2 atom stereocenters. The molecule has 2 unspecified atom stereocenters. The Morgan fingerprint density at radius 2 is 2.13 bits per heavy atom.